The molecule has 6 heteroatoms. The van der Waals surface area contributed by atoms with Crippen molar-refractivity contribution in [3.63, 3.8) is 0 Å². The van der Waals surface area contributed by atoms with Crippen LogP contribution < -0.4 is 5.32 Å². The Labute approximate surface area is 163 Å². The number of piperidine rings is 3. The van der Waals surface area contributed by atoms with Gasteiger partial charge < -0.3 is 5.32 Å². The van der Waals surface area contributed by atoms with Crippen molar-refractivity contribution in [1.29, 1.82) is 0 Å². The zero-order valence-electron chi connectivity index (χ0n) is 14.7. The van der Waals surface area contributed by atoms with Gasteiger partial charge in [0, 0.05) is 28.7 Å². The Morgan fingerprint density at radius 1 is 1.23 bits per heavy atom. The Kier molecular flexibility index (Phi) is 5.20. The number of nitrogens with zero attached hydrogens (tertiary/aromatic N) is 2. The fourth-order valence-corrected chi connectivity index (χ4v) is 5.02. The quantitative estimate of drug-likeness (QED) is 0.857. The maximum atomic E-state index is 12.7. The molecule has 1 N–H and O–H groups in total. The third kappa shape index (κ3) is 3.61. The standard InChI is InChI=1S/C20H22ClN3OS/c1-13-18(14-8-11-24(13)12-9-14)23-19(25)15-4-6-16(7-5-15)26-20-17(21)3-2-10-22-20/h2-7,10,13-14,18H,8-9,11-12H2,1H3,(H,23,25). The van der Waals surface area contributed by atoms with Crippen molar-refractivity contribution >= 4 is 29.3 Å². The third-order valence-corrected chi connectivity index (χ3v) is 6.97. The summed E-state index contributed by atoms with van der Waals surface area (Å²) in [6.45, 7) is 4.56. The number of aromatic nitrogens is 1. The molecule has 3 fully saturated rings. The smallest absolute Gasteiger partial charge is 0.251 e. The Hall–Kier alpha value is -1.56. The summed E-state index contributed by atoms with van der Waals surface area (Å²) in [4.78, 5) is 20.5. The Balaban J connectivity index is 1.42. The molecule has 2 aromatic rings. The van der Waals surface area contributed by atoms with Crippen LogP contribution >= 0.6 is 23.4 Å². The van der Waals surface area contributed by atoms with Crippen LogP contribution in [0.5, 0.6) is 0 Å². The summed E-state index contributed by atoms with van der Waals surface area (Å²) in [6.07, 6.45) is 4.11. The zero-order valence-corrected chi connectivity index (χ0v) is 16.3. The van der Waals surface area contributed by atoms with Gasteiger partial charge in [0.25, 0.3) is 5.91 Å². The first-order chi connectivity index (χ1) is 12.6. The summed E-state index contributed by atoms with van der Waals surface area (Å²) < 4.78 is 0. The number of carbonyl (C=O) groups is 1. The molecule has 0 radical (unpaired) electrons. The van der Waals surface area contributed by atoms with E-state index in [0.29, 0.717) is 22.5 Å². The van der Waals surface area contributed by atoms with Crippen LogP contribution in [0, 0.1) is 5.92 Å². The van der Waals surface area contributed by atoms with Crippen LogP contribution in [-0.2, 0) is 0 Å². The van der Waals surface area contributed by atoms with E-state index in [1.54, 1.807) is 6.20 Å². The summed E-state index contributed by atoms with van der Waals surface area (Å²) in [6, 6.07) is 12.0. The Morgan fingerprint density at radius 3 is 2.62 bits per heavy atom. The largest absolute Gasteiger partial charge is 0.347 e. The van der Waals surface area contributed by atoms with E-state index in [1.807, 2.05) is 36.4 Å². The van der Waals surface area contributed by atoms with E-state index in [4.69, 9.17) is 11.6 Å². The van der Waals surface area contributed by atoms with Crippen LogP contribution in [0.2, 0.25) is 5.02 Å². The molecule has 2 unspecified atom stereocenters. The third-order valence-electron chi connectivity index (χ3n) is 5.53. The molecule has 1 amide bonds. The van der Waals surface area contributed by atoms with E-state index in [1.165, 1.54) is 37.7 Å². The maximum Gasteiger partial charge on any atom is 0.251 e. The predicted octanol–water partition coefficient (Wildman–Crippen LogP) is 4.10. The monoisotopic (exact) mass is 387 g/mol. The lowest BCUT2D eigenvalue weighted by Crippen LogP contribution is -2.62. The molecule has 5 rings (SSSR count). The number of carbonyl (C=O) groups excluding carboxylic acids is 1. The van der Waals surface area contributed by atoms with Gasteiger partial charge in [0.2, 0.25) is 0 Å². The van der Waals surface area contributed by atoms with Crippen molar-refractivity contribution in [3.8, 4) is 0 Å². The van der Waals surface area contributed by atoms with E-state index in [0.717, 1.165) is 9.92 Å². The zero-order chi connectivity index (χ0) is 18.1. The Morgan fingerprint density at radius 2 is 1.96 bits per heavy atom. The molecule has 0 saturated carbocycles. The number of hydrogen-bond acceptors (Lipinski definition) is 4. The highest BCUT2D eigenvalue weighted by atomic mass is 35.5. The molecule has 4 nitrogen and oxygen atoms in total. The average molecular weight is 388 g/mol. The van der Waals surface area contributed by atoms with E-state index >= 15 is 0 Å². The molecule has 3 saturated heterocycles. The van der Waals surface area contributed by atoms with Gasteiger partial charge in [-0.3, -0.25) is 9.69 Å². The lowest BCUT2D eigenvalue weighted by molar-refractivity contribution is 0.0217. The van der Waals surface area contributed by atoms with Crippen molar-refractivity contribution in [1.82, 2.24) is 15.2 Å². The summed E-state index contributed by atoms with van der Waals surface area (Å²) in [5.74, 6) is 0.628. The first-order valence-corrected chi connectivity index (χ1v) is 10.2. The van der Waals surface area contributed by atoms with Crippen LogP contribution in [0.1, 0.15) is 30.1 Å². The van der Waals surface area contributed by atoms with Gasteiger partial charge in [0.15, 0.2) is 0 Å². The van der Waals surface area contributed by atoms with Gasteiger partial charge >= 0.3 is 0 Å². The fourth-order valence-electron chi connectivity index (χ4n) is 4.01. The number of nitrogens with one attached hydrogen (secondary N) is 1. The minimum Gasteiger partial charge on any atom is -0.347 e. The van der Waals surface area contributed by atoms with E-state index in [2.05, 4.69) is 22.1 Å². The molecule has 136 valence electrons. The molecule has 2 atom stereocenters. The van der Waals surface area contributed by atoms with Crippen molar-refractivity contribution in [2.24, 2.45) is 5.92 Å². The lowest BCUT2D eigenvalue weighted by Gasteiger charge is -2.49. The van der Waals surface area contributed by atoms with Gasteiger partial charge in [-0.05, 0) is 75.2 Å². The molecule has 4 heterocycles. The lowest BCUT2D eigenvalue weighted by atomic mass is 9.79. The van der Waals surface area contributed by atoms with Gasteiger partial charge in [-0.15, -0.1) is 0 Å². The number of pyridine rings is 1. The summed E-state index contributed by atoms with van der Waals surface area (Å²) >= 11 is 7.66. The predicted molar refractivity (Wildman–Crippen MR) is 105 cm³/mol. The SMILES string of the molecule is CC1C(NC(=O)c2ccc(Sc3ncccc3Cl)cc2)C2CCN1CC2. The van der Waals surface area contributed by atoms with Crippen LogP contribution in [0.3, 0.4) is 0 Å². The molecular weight excluding hydrogens is 366 g/mol. The molecule has 2 bridgehead atoms. The number of rotatable bonds is 4. The van der Waals surface area contributed by atoms with Crippen molar-refractivity contribution in [3.05, 3.63) is 53.2 Å². The number of fused-ring (bicyclic) bond motifs is 3. The highest BCUT2D eigenvalue weighted by molar-refractivity contribution is 7.99. The topological polar surface area (TPSA) is 45.2 Å². The second kappa shape index (κ2) is 7.59. The normalized spacial score (nSPS) is 27.3. The molecule has 3 aliphatic heterocycles. The fraction of sp³-hybridized carbons (Fsp3) is 0.400. The highest BCUT2D eigenvalue weighted by Gasteiger charge is 2.40. The van der Waals surface area contributed by atoms with Crippen LogP contribution in [0.25, 0.3) is 0 Å². The van der Waals surface area contributed by atoms with E-state index in [-0.39, 0.29) is 11.9 Å². The maximum absolute atomic E-state index is 12.7. The minimum absolute atomic E-state index is 0.0167. The van der Waals surface area contributed by atoms with Crippen molar-refractivity contribution in [2.75, 3.05) is 13.1 Å². The average Bonchev–Trinajstić information content (AvgIpc) is 2.67. The molecule has 3 aliphatic rings. The van der Waals surface area contributed by atoms with Crippen molar-refractivity contribution in [2.45, 2.75) is 41.8 Å². The van der Waals surface area contributed by atoms with E-state index < -0.39 is 0 Å². The summed E-state index contributed by atoms with van der Waals surface area (Å²) in [5.41, 5.74) is 0.699. The number of benzene rings is 1. The molecule has 1 aromatic heterocycles. The van der Waals surface area contributed by atoms with Gasteiger partial charge in [-0.1, -0.05) is 23.4 Å². The van der Waals surface area contributed by atoms with E-state index in [9.17, 15) is 4.79 Å². The van der Waals surface area contributed by atoms with Crippen LogP contribution in [-0.4, -0.2) is 41.0 Å². The second-order valence-electron chi connectivity index (χ2n) is 7.03. The van der Waals surface area contributed by atoms with Gasteiger partial charge in [0.05, 0.1) is 5.02 Å². The van der Waals surface area contributed by atoms with Crippen molar-refractivity contribution < 1.29 is 4.79 Å². The highest BCUT2D eigenvalue weighted by Crippen LogP contribution is 2.33. The number of hydrogen-bond donors (Lipinski definition) is 1. The molecule has 0 aliphatic carbocycles. The Bertz CT molecular complexity index is 788. The minimum atomic E-state index is 0.0167. The number of halogens is 1. The summed E-state index contributed by atoms with van der Waals surface area (Å²) in [7, 11) is 0. The molecule has 1 aromatic carbocycles. The van der Waals surface area contributed by atoms with Gasteiger partial charge in [-0.25, -0.2) is 4.98 Å². The summed E-state index contributed by atoms with van der Waals surface area (Å²) in [5, 5.41) is 4.68. The van der Waals surface area contributed by atoms with Gasteiger partial charge in [-0.2, -0.15) is 0 Å². The molecular formula is C20H22ClN3OS. The molecule has 0 spiro atoms. The first-order valence-electron chi connectivity index (χ1n) is 9.05. The van der Waals surface area contributed by atoms with Crippen LogP contribution in [0.4, 0.5) is 0 Å². The molecule has 26 heavy (non-hydrogen) atoms. The second-order valence-corrected chi connectivity index (χ2v) is 8.50. The van der Waals surface area contributed by atoms with Crippen LogP contribution in [0.15, 0.2) is 52.5 Å². The van der Waals surface area contributed by atoms with Gasteiger partial charge in [0.1, 0.15) is 5.03 Å². The number of amides is 1. The first kappa shape index (κ1) is 17.8.